The van der Waals surface area contributed by atoms with Gasteiger partial charge in [-0.3, -0.25) is 4.79 Å². The summed E-state index contributed by atoms with van der Waals surface area (Å²) in [5.74, 6) is -0.307. The first kappa shape index (κ1) is 13.8. The summed E-state index contributed by atoms with van der Waals surface area (Å²) in [5, 5.41) is 3.96. The third-order valence-corrected chi connectivity index (χ3v) is 3.24. The zero-order valence-corrected chi connectivity index (χ0v) is 11.2. The number of hydrogen-bond acceptors (Lipinski definition) is 3. The monoisotopic (exact) mass is 255 g/mol. The summed E-state index contributed by atoms with van der Waals surface area (Å²) in [5.41, 5.74) is 1.95. The van der Waals surface area contributed by atoms with E-state index in [1.807, 2.05) is 32.0 Å². The molecule has 1 aromatic carbocycles. The van der Waals surface area contributed by atoms with E-state index in [0.717, 1.165) is 22.7 Å². The van der Waals surface area contributed by atoms with Gasteiger partial charge >= 0.3 is 5.97 Å². The third kappa shape index (κ3) is 3.63. The second-order valence-corrected chi connectivity index (χ2v) is 4.33. The molecule has 0 saturated heterocycles. The van der Waals surface area contributed by atoms with Crippen molar-refractivity contribution >= 4 is 23.3 Å². The molecule has 0 aromatic heterocycles. The summed E-state index contributed by atoms with van der Waals surface area (Å²) in [6.45, 7) is 4.47. The molecule has 0 bridgehead atoms. The summed E-state index contributed by atoms with van der Waals surface area (Å²) in [4.78, 5) is 11.4. The molecular formula is C13H18ClNO2. The Kier molecular flexibility index (Phi) is 5.29. The average molecular weight is 256 g/mol. The summed E-state index contributed by atoms with van der Waals surface area (Å²) in [6.07, 6.45) is 0.749. The minimum Gasteiger partial charge on any atom is -0.469 e. The van der Waals surface area contributed by atoms with Crippen LogP contribution in [0.1, 0.15) is 18.9 Å². The fraction of sp³-hybridized carbons (Fsp3) is 0.462. The van der Waals surface area contributed by atoms with Crippen molar-refractivity contribution in [2.45, 2.75) is 20.3 Å². The van der Waals surface area contributed by atoms with Crippen LogP contribution in [-0.2, 0) is 9.53 Å². The molecule has 17 heavy (non-hydrogen) atoms. The number of benzene rings is 1. The Morgan fingerprint density at radius 3 is 2.82 bits per heavy atom. The van der Waals surface area contributed by atoms with Crippen LogP contribution < -0.4 is 5.32 Å². The maximum absolute atomic E-state index is 11.4. The first-order chi connectivity index (χ1) is 8.10. The van der Waals surface area contributed by atoms with Gasteiger partial charge in [-0.2, -0.15) is 0 Å². The summed E-state index contributed by atoms with van der Waals surface area (Å²) >= 11 is 6.02. The van der Waals surface area contributed by atoms with Gasteiger partial charge in [0.2, 0.25) is 0 Å². The van der Waals surface area contributed by atoms with E-state index in [1.165, 1.54) is 7.11 Å². The summed E-state index contributed by atoms with van der Waals surface area (Å²) in [6, 6.07) is 5.68. The highest BCUT2D eigenvalue weighted by molar-refractivity contribution is 6.31. The molecule has 3 nitrogen and oxygen atoms in total. The standard InChI is InChI=1S/C13H18ClNO2/c1-4-10(13(16)17-3)8-15-12-7-5-6-11(14)9(12)2/h5-7,10,15H,4,8H2,1-3H3. The van der Waals surface area contributed by atoms with Crippen molar-refractivity contribution < 1.29 is 9.53 Å². The highest BCUT2D eigenvalue weighted by Gasteiger charge is 2.16. The summed E-state index contributed by atoms with van der Waals surface area (Å²) < 4.78 is 4.74. The number of rotatable bonds is 5. The van der Waals surface area contributed by atoms with E-state index >= 15 is 0 Å². The van der Waals surface area contributed by atoms with Crippen LogP contribution in [0.2, 0.25) is 5.02 Å². The van der Waals surface area contributed by atoms with Crippen LogP contribution in [0.15, 0.2) is 18.2 Å². The first-order valence-corrected chi connectivity index (χ1v) is 6.04. The van der Waals surface area contributed by atoms with Crippen molar-refractivity contribution in [3.05, 3.63) is 28.8 Å². The minimum absolute atomic E-state index is 0.126. The third-order valence-electron chi connectivity index (χ3n) is 2.83. The van der Waals surface area contributed by atoms with Gasteiger partial charge in [-0.15, -0.1) is 0 Å². The molecule has 0 spiro atoms. The molecule has 1 aromatic rings. The number of carbonyl (C=O) groups is 1. The van der Waals surface area contributed by atoms with Crippen LogP contribution in [0.5, 0.6) is 0 Å². The molecule has 0 aliphatic heterocycles. The Bertz CT molecular complexity index is 393. The SMILES string of the molecule is CCC(CNc1cccc(Cl)c1C)C(=O)OC. The van der Waals surface area contributed by atoms with E-state index in [4.69, 9.17) is 16.3 Å². The number of halogens is 1. The number of ether oxygens (including phenoxy) is 1. The predicted molar refractivity (Wildman–Crippen MR) is 70.5 cm³/mol. The Morgan fingerprint density at radius 1 is 1.53 bits per heavy atom. The molecule has 1 unspecified atom stereocenters. The smallest absolute Gasteiger partial charge is 0.310 e. The molecule has 0 saturated carbocycles. The fourth-order valence-electron chi connectivity index (χ4n) is 1.59. The maximum atomic E-state index is 11.4. The number of anilines is 1. The molecule has 1 rings (SSSR count). The van der Waals surface area contributed by atoms with Gasteiger partial charge in [-0.05, 0) is 31.0 Å². The number of nitrogens with one attached hydrogen (secondary N) is 1. The van der Waals surface area contributed by atoms with Crippen LogP contribution in [-0.4, -0.2) is 19.6 Å². The number of esters is 1. The van der Waals surface area contributed by atoms with Crippen molar-refractivity contribution in [2.24, 2.45) is 5.92 Å². The summed E-state index contributed by atoms with van der Waals surface area (Å²) in [7, 11) is 1.41. The van der Waals surface area contributed by atoms with Gasteiger partial charge in [-0.1, -0.05) is 24.6 Å². The van der Waals surface area contributed by atoms with E-state index in [1.54, 1.807) is 0 Å². The van der Waals surface area contributed by atoms with Crippen LogP contribution >= 0.6 is 11.6 Å². The molecule has 1 N–H and O–H groups in total. The molecule has 0 heterocycles. The molecular weight excluding hydrogens is 238 g/mol. The van der Waals surface area contributed by atoms with Crippen molar-refractivity contribution in [1.29, 1.82) is 0 Å². The van der Waals surface area contributed by atoms with E-state index in [-0.39, 0.29) is 11.9 Å². The highest BCUT2D eigenvalue weighted by atomic mass is 35.5. The molecule has 0 radical (unpaired) electrons. The number of carbonyl (C=O) groups excluding carboxylic acids is 1. The Morgan fingerprint density at radius 2 is 2.24 bits per heavy atom. The van der Waals surface area contributed by atoms with Gasteiger partial charge < -0.3 is 10.1 Å². The second-order valence-electron chi connectivity index (χ2n) is 3.92. The quantitative estimate of drug-likeness (QED) is 0.821. The Balaban J connectivity index is 2.66. The lowest BCUT2D eigenvalue weighted by molar-refractivity contribution is -0.145. The lowest BCUT2D eigenvalue weighted by atomic mass is 10.1. The molecule has 1 atom stereocenters. The van der Waals surface area contributed by atoms with Gasteiger partial charge in [-0.25, -0.2) is 0 Å². The first-order valence-electron chi connectivity index (χ1n) is 5.67. The molecule has 0 aliphatic carbocycles. The molecule has 4 heteroatoms. The van der Waals surface area contributed by atoms with E-state index in [9.17, 15) is 4.79 Å². The van der Waals surface area contributed by atoms with Crippen molar-refractivity contribution in [3.63, 3.8) is 0 Å². The van der Waals surface area contributed by atoms with Gasteiger partial charge in [0.15, 0.2) is 0 Å². The second kappa shape index (κ2) is 6.50. The van der Waals surface area contributed by atoms with Crippen LogP contribution in [0, 0.1) is 12.8 Å². The van der Waals surface area contributed by atoms with Gasteiger partial charge in [0.1, 0.15) is 0 Å². The van der Waals surface area contributed by atoms with Gasteiger partial charge in [0.25, 0.3) is 0 Å². The van der Waals surface area contributed by atoms with Crippen molar-refractivity contribution in [1.82, 2.24) is 0 Å². The Labute approximate surface area is 107 Å². The number of hydrogen-bond donors (Lipinski definition) is 1. The van der Waals surface area contributed by atoms with E-state index < -0.39 is 0 Å². The Hall–Kier alpha value is -1.22. The maximum Gasteiger partial charge on any atom is 0.310 e. The zero-order chi connectivity index (χ0) is 12.8. The van der Waals surface area contributed by atoms with Crippen LogP contribution in [0.25, 0.3) is 0 Å². The van der Waals surface area contributed by atoms with Crippen molar-refractivity contribution in [2.75, 3.05) is 19.0 Å². The minimum atomic E-state index is -0.181. The molecule has 0 fully saturated rings. The van der Waals surface area contributed by atoms with E-state index in [2.05, 4.69) is 5.32 Å². The van der Waals surface area contributed by atoms with Crippen molar-refractivity contribution in [3.8, 4) is 0 Å². The van der Waals surface area contributed by atoms with Gasteiger partial charge in [0, 0.05) is 17.3 Å². The normalized spacial score (nSPS) is 12.0. The highest BCUT2D eigenvalue weighted by Crippen LogP contribution is 2.23. The van der Waals surface area contributed by atoms with Crippen LogP contribution in [0.3, 0.4) is 0 Å². The number of methoxy groups -OCH3 is 1. The molecule has 0 amide bonds. The molecule has 0 aliphatic rings. The largest absolute Gasteiger partial charge is 0.469 e. The van der Waals surface area contributed by atoms with Gasteiger partial charge in [0.05, 0.1) is 13.0 Å². The fourth-order valence-corrected chi connectivity index (χ4v) is 1.77. The lowest BCUT2D eigenvalue weighted by Crippen LogP contribution is -2.23. The zero-order valence-electron chi connectivity index (χ0n) is 10.4. The van der Waals surface area contributed by atoms with E-state index in [0.29, 0.717) is 6.54 Å². The predicted octanol–water partition coefficient (Wildman–Crippen LogP) is 3.26. The topological polar surface area (TPSA) is 38.3 Å². The average Bonchev–Trinajstić information content (AvgIpc) is 2.34. The molecule has 94 valence electrons. The van der Waals surface area contributed by atoms with Crippen LogP contribution in [0.4, 0.5) is 5.69 Å². The lowest BCUT2D eigenvalue weighted by Gasteiger charge is -2.16.